The molecule has 26 heavy (non-hydrogen) atoms. The Morgan fingerprint density at radius 1 is 1.12 bits per heavy atom. The molecule has 132 valence electrons. The highest BCUT2D eigenvalue weighted by Crippen LogP contribution is 2.23. The average Bonchev–Trinajstić information content (AvgIpc) is 2.64. The van der Waals surface area contributed by atoms with Gasteiger partial charge in [-0.1, -0.05) is 30.3 Å². The maximum atomic E-state index is 13.5. The summed E-state index contributed by atoms with van der Waals surface area (Å²) in [5.74, 6) is -0.811. The fraction of sp³-hybridized carbons (Fsp3) is 0.0556. The summed E-state index contributed by atoms with van der Waals surface area (Å²) in [6.45, 7) is -0.208. The lowest BCUT2D eigenvalue weighted by Gasteiger charge is -2.08. The number of rotatable bonds is 6. The number of hydrogen-bond acceptors (Lipinski definition) is 5. The SMILES string of the molecule is O=C(COc1ccc2ccccc2c1)NSc1ccc([N+](=O)[O-])c(F)c1. The Morgan fingerprint density at radius 2 is 1.88 bits per heavy atom. The maximum absolute atomic E-state index is 13.5. The van der Waals surface area contributed by atoms with Crippen molar-refractivity contribution in [1.29, 1.82) is 0 Å². The van der Waals surface area contributed by atoms with E-state index in [1.54, 1.807) is 6.07 Å². The molecule has 3 aromatic rings. The Balaban J connectivity index is 1.54. The summed E-state index contributed by atoms with van der Waals surface area (Å²) in [7, 11) is 0. The standard InChI is InChI=1S/C18H13FN2O4S/c19-16-10-15(7-8-17(16)21(23)24)26-20-18(22)11-25-14-6-5-12-3-1-2-4-13(12)9-14/h1-10H,11H2,(H,20,22). The molecule has 0 atom stereocenters. The maximum Gasteiger partial charge on any atom is 0.304 e. The average molecular weight is 372 g/mol. The normalized spacial score (nSPS) is 10.5. The number of fused-ring (bicyclic) bond motifs is 1. The first-order chi connectivity index (χ1) is 12.5. The van der Waals surface area contributed by atoms with E-state index in [2.05, 4.69) is 4.72 Å². The van der Waals surface area contributed by atoms with Crippen LogP contribution in [0.5, 0.6) is 5.75 Å². The van der Waals surface area contributed by atoms with Gasteiger partial charge in [-0.25, -0.2) is 0 Å². The molecule has 0 fully saturated rings. The molecule has 0 radical (unpaired) electrons. The predicted molar refractivity (Wildman–Crippen MR) is 96.5 cm³/mol. The first kappa shape index (κ1) is 17.7. The van der Waals surface area contributed by atoms with Gasteiger partial charge in [0.15, 0.2) is 6.61 Å². The molecule has 0 aliphatic heterocycles. The van der Waals surface area contributed by atoms with Crippen molar-refractivity contribution in [3.05, 3.63) is 76.6 Å². The Morgan fingerprint density at radius 3 is 2.62 bits per heavy atom. The molecule has 0 saturated heterocycles. The highest BCUT2D eigenvalue weighted by molar-refractivity contribution is 7.98. The third kappa shape index (κ3) is 4.28. The van der Waals surface area contributed by atoms with Crippen molar-refractivity contribution in [2.24, 2.45) is 0 Å². The molecule has 0 bridgehead atoms. The van der Waals surface area contributed by atoms with Gasteiger partial charge in [-0.2, -0.15) is 4.39 Å². The Kier molecular flexibility index (Phi) is 5.33. The molecule has 8 heteroatoms. The molecule has 0 aliphatic carbocycles. The largest absolute Gasteiger partial charge is 0.484 e. The first-order valence-corrected chi connectivity index (χ1v) is 8.36. The monoisotopic (exact) mass is 372 g/mol. The number of nitro groups is 1. The minimum absolute atomic E-state index is 0.208. The van der Waals surface area contributed by atoms with Crippen molar-refractivity contribution in [1.82, 2.24) is 4.72 Å². The minimum atomic E-state index is -0.957. The van der Waals surface area contributed by atoms with Gasteiger partial charge < -0.3 is 4.74 Å². The van der Waals surface area contributed by atoms with E-state index in [0.29, 0.717) is 10.6 Å². The molecular formula is C18H13FN2O4S. The summed E-state index contributed by atoms with van der Waals surface area (Å²) in [6, 6.07) is 16.7. The van der Waals surface area contributed by atoms with Crippen LogP contribution in [0.1, 0.15) is 0 Å². The van der Waals surface area contributed by atoms with Crippen LogP contribution in [0.25, 0.3) is 10.8 Å². The molecule has 3 aromatic carbocycles. The van der Waals surface area contributed by atoms with Crippen LogP contribution in [0.2, 0.25) is 0 Å². The van der Waals surface area contributed by atoms with E-state index in [-0.39, 0.29) is 6.61 Å². The summed E-state index contributed by atoms with van der Waals surface area (Å²) in [5.41, 5.74) is -0.611. The van der Waals surface area contributed by atoms with E-state index in [1.807, 2.05) is 36.4 Å². The van der Waals surface area contributed by atoms with Crippen LogP contribution >= 0.6 is 11.9 Å². The molecule has 1 N–H and O–H groups in total. The van der Waals surface area contributed by atoms with E-state index < -0.39 is 22.3 Å². The molecule has 0 saturated carbocycles. The van der Waals surface area contributed by atoms with Gasteiger partial charge in [0.25, 0.3) is 5.91 Å². The number of carbonyl (C=O) groups excluding carboxylic acids is 1. The van der Waals surface area contributed by atoms with Crippen molar-refractivity contribution in [3.63, 3.8) is 0 Å². The number of ether oxygens (including phenoxy) is 1. The first-order valence-electron chi connectivity index (χ1n) is 7.54. The number of amides is 1. The molecule has 6 nitrogen and oxygen atoms in total. The number of benzene rings is 3. The second kappa shape index (κ2) is 7.83. The number of nitro benzene ring substituents is 1. The lowest BCUT2D eigenvalue weighted by atomic mass is 10.1. The predicted octanol–water partition coefficient (Wildman–Crippen LogP) is 4.09. The third-order valence-corrected chi connectivity index (χ3v) is 4.31. The third-order valence-electron chi connectivity index (χ3n) is 3.49. The van der Waals surface area contributed by atoms with Crippen LogP contribution in [0.3, 0.4) is 0 Å². The van der Waals surface area contributed by atoms with Crippen molar-refractivity contribution >= 4 is 34.3 Å². The van der Waals surface area contributed by atoms with E-state index in [4.69, 9.17) is 4.74 Å². The zero-order valence-electron chi connectivity index (χ0n) is 13.3. The van der Waals surface area contributed by atoms with Crippen LogP contribution < -0.4 is 9.46 Å². The molecule has 3 rings (SSSR count). The van der Waals surface area contributed by atoms with Gasteiger partial charge in [-0.05, 0) is 47.0 Å². The van der Waals surface area contributed by atoms with Crippen LogP contribution in [-0.2, 0) is 4.79 Å². The smallest absolute Gasteiger partial charge is 0.304 e. The van der Waals surface area contributed by atoms with Gasteiger partial charge in [-0.3, -0.25) is 19.6 Å². The molecule has 1 amide bonds. The lowest BCUT2D eigenvalue weighted by molar-refractivity contribution is -0.387. The topological polar surface area (TPSA) is 81.5 Å². The number of nitrogens with one attached hydrogen (secondary N) is 1. The van der Waals surface area contributed by atoms with Crippen molar-refractivity contribution in [3.8, 4) is 5.75 Å². The summed E-state index contributed by atoms with van der Waals surface area (Å²) in [4.78, 5) is 22.0. The van der Waals surface area contributed by atoms with Gasteiger partial charge in [0.05, 0.1) is 4.92 Å². The van der Waals surface area contributed by atoms with Crippen molar-refractivity contribution in [2.75, 3.05) is 6.61 Å². The van der Waals surface area contributed by atoms with Crippen LogP contribution in [0.15, 0.2) is 65.6 Å². The van der Waals surface area contributed by atoms with Gasteiger partial charge in [0.1, 0.15) is 5.75 Å². The Labute approximate surface area is 152 Å². The number of nitrogens with zero attached hydrogens (tertiary/aromatic N) is 1. The molecule has 0 aromatic heterocycles. The zero-order chi connectivity index (χ0) is 18.5. The van der Waals surface area contributed by atoms with Crippen molar-refractivity contribution < 1.29 is 18.8 Å². The molecular weight excluding hydrogens is 359 g/mol. The van der Waals surface area contributed by atoms with E-state index in [0.717, 1.165) is 34.9 Å². The minimum Gasteiger partial charge on any atom is -0.484 e. The molecule has 0 spiro atoms. The summed E-state index contributed by atoms with van der Waals surface area (Å²) in [6.07, 6.45) is 0. The van der Waals surface area contributed by atoms with E-state index in [1.165, 1.54) is 6.07 Å². The Hall–Kier alpha value is -3.13. The quantitative estimate of drug-likeness (QED) is 0.400. The Bertz CT molecular complexity index is 980. The van der Waals surface area contributed by atoms with E-state index >= 15 is 0 Å². The summed E-state index contributed by atoms with van der Waals surface area (Å²) < 4.78 is 21.5. The lowest BCUT2D eigenvalue weighted by Crippen LogP contribution is -2.23. The number of hydrogen-bond donors (Lipinski definition) is 1. The fourth-order valence-corrected chi connectivity index (χ4v) is 2.84. The molecule has 0 unspecified atom stereocenters. The van der Waals surface area contributed by atoms with Gasteiger partial charge in [-0.15, -0.1) is 0 Å². The van der Waals surface area contributed by atoms with Gasteiger partial charge >= 0.3 is 5.69 Å². The fourth-order valence-electron chi connectivity index (χ4n) is 2.25. The second-order valence-electron chi connectivity index (χ2n) is 5.30. The second-order valence-corrected chi connectivity index (χ2v) is 6.17. The van der Waals surface area contributed by atoms with Crippen LogP contribution in [0, 0.1) is 15.9 Å². The summed E-state index contributed by atoms with van der Waals surface area (Å²) in [5, 5.41) is 12.6. The van der Waals surface area contributed by atoms with E-state index in [9.17, 15) is 19.3 Å². The number of carbonyl (C=O) groups is 1. The number of halogens is 1. The zero-order valence-corrected chi connectivity index (χ0v) is 14.2. The van der Waals surface area contributed by atoms with Crippen molar-refractivity contribution in [2.45, 2.75) is 4.90 Å². The van der Waals surface area contributed by atoms with Crippen LogP contribution in [-0.4, -0.2) is 17.4 Å². The van der Waals surface area contributed by atoms with Gasteiger partial charge in [0.2, 0.25) is 5.82 Å². The molecule has 0 heterocycles. The van der Waals surface area contributed by atoms with Gasteiger partial charge in [0, 0.05) is 11.0 Å². The molecule has 0 aliphatic rings. The summed E-state index contributed by atoms with van der Waals surface area (Å²) >= 11 is 0.859. The van der Waals surface area contributed by atoms with Crippen LogP contribution in [0.4, 0.5) is 10.1 Å². The highest BCUT2D eigenvalue weighted by Gasteiger charge is 2.14. The highest BCUT2D eigenvalue weighted by atomic mass is 32.2.